The third-order valence-electron chi connectivity index (χ3n) is 7.61. The first kappa shape index (κ1) is 46.7. The van der Waals surface area contributed by atoms with Gasteiger partial charge in [-0.2, -0.15) is 0 Å². The molecule has 0 amide bonds. The van der Waals surface area contributed by atoms with Gasteiger partial charge in [-0.1, -0.05) is 126 Å². The molecule has 0 fully saturated rings. The fourth-order valence-electron chi connectivity index (χ4n) is 4.76. The van der Waals surface area contributed by atoms with Crippen molar-refractivity contribution in [2.75, 3.05) is 13.2 Å². The van der Waals surface area contributed by atoms with Crippen LogP contribution in [0.4, 0.5) is 0 Å². The van der Waals surface area contributed by atoms with Crippen LogP contribution in [0.2, 0.25) is 0 Å². The Balaban J connectivity index is 4.22. The first-order valence-corrected chi connectivity index (χ1v) is 20.2. The lowest BCUT2D eigenvalue weighted by Gasteiger charge is -2.18. The van der Waals surface area contributed by atoms with E-state index in [1.165, 1.54) is 44.9 Å². The molecule has 0 aliphatic heterocycles. The number of ether oxygens (including phenoxy) is 2. The van der Waals surface area contributed by atoms with Crippen LogP contribution in [0.1, 0.15) is 149 Å². The van der Waals surface area contributed by atoms with Gasteiger partial charge in [-0.25, -0.2) is 4.57 Å². The van der Waals surface area contributed by atoms with E-state index in [2.05, 4.69) is 54.8 Å². The monoisotopic (exact) mass is 710 g/mol. The van der Waals surface area contributed by atoms with Crippen molar-refractivity contribution in [2.45, 2.75) is 161 Å². The van der Waals surface area contributed by atoms with Crippen LogP contribution in [0.5, 0.6) is 0 Å². The molecule has 0 bridgehead atoms. The van der Waals surface area contributed by atoms with Crippen molar-refractivity contribution in [3.63, 3.8) is 0 Å². The third-order valence-corrected chi connectivity index (χ3v) is 8.10. The number of allylic oxidation sites excluding steroid dienone is 9. The number of carbonyl (C=O) groups excluding carboxylic acids is 2. The summed E-state index contributed by atoms with van der Waals surface area (Å²) < 4.78 is 26.1. The second-order valence-electron chi connectivity index (χ2n) is 12.4. The molecule has 0 saturated carbocycles. The van der Waals surface area contributed by atoms with Gasteiger partial charge in [0.2, 0.25) is 0 Å². The van der Waals surface area contributed by atoms with E-state index in [1.54, 1.807) is 12.2 Å². The van der Waals surface area contributed by atoms with Gasteiger partial charge in [0.05, 0.1) is 12.7 Å². The highest BCUT2D eigenvalue weighted by Crippen LogP contribution is 2.36. The van der Waals surface area contributed by atoms with Crippen LogP contribution >= 0.6 is 7.82 Å². The first-order valence-electron chi connectivity index (χ1n) is 18.7. The normalized spacial score (nSPS) is 13.8. The maximum Gasteiger partial charge on any atom is 0.469 e. The van der Waals surface area contributed by atoms with Crippen LogP contribution in [0.3, 0.4) is 0 Å². The van der Waals surface area contributed by atoms with Crippen molar-refractivity contribution in [3.8, 4) is 0 Å². The van der Waals surface area contributed by atoms with Gasteiger partial charge >= 0.3 is 19.8 Å². The molecule has 0 aromatic carbocycles. The molecule has 10 heteroatoms. The molecule has 0 unspecified atom stereocenters. The molecule has 49 heavy (non-hydrogen) atoms. The molecule has 0 spiro atoms. The molecule has 282 valence electrons. The predicted octanol–water partition coefficient (Wildman–Crippen LogP) is 9.92. The lowest BCUT2D eigenvalue weighted by molar-refractivity contribution is -0.161. The quantitative estimate of drug-likeness (QED) is 0.0200. The molecule has 0 aromatic heterocycles. The first-order chi connectivity index (χ1) is 23.7. The van der Waals surface area contributed by atoms with Crippen LogP contribution < -0.4 is 0 Å². The van der Waals surface area contributed by atoms with Crippen LogP contribution in [0.15, 0.2) is 60.8 Å². The van der Waals surface area contributed by atoms with E-state index >= 15 is 0 Å². The number of aliphatic hydroxyl groups is 1. The summed E-state index contributed by atoms with van der Waals surface area (Å²) in [6, 6.07) is 0. The number of rotatable bonds is 33. The fraction of sp³-hybridized carbons (Fsp3) is 0.692. The van der Waals surface area contributed by atoms with E-state index in [-0.39, 0.29) is 19.4 Å². The van der Waals surface area contributed by atoms with Gasteiger partial charge in [-0.3, -0.25) is 14.1 Å². The summed E-state index contributed by atoms with van der Waals surface area (Å²) >= 11 is 0. The lowest BCUT2D eigenvalue weighted by atomic mass is 10.1. The summed E-state index contributed by atoms with van der Waals surface area (Å²) in [5.74, 6) is -1.10. The maximum absolute atomic E-state index is 12.4. The second kappa shape index (κ2) is 34.2. The topological polar surface area (TPSA) is 140 Å². The van der Waals surface area contributed by atoms with Gasteiger partial charge in [0.1, 0.15) is 6.61 Å². The van der Waals surface area contributed by atoms with Gasteiger partial charge in [0, 0.05) is 12.8 Å². The summed E-state index contributed by atoms with van der Waals surface area (Å²) in [6.07, 6.45) is 38.3. The molecule has 0 aliphatic rings. The number of aliphatic hydroxyl groups excluding tert-OH is 1. The highest BCUT2D eigenvalue weighted by Gasteiger charge is 2.23. The Morgan fingerprint density at radius 3 is 1.84 bits per heavy atom. The van der Waals surface area contributed by atoms with Crippen molar-refractivity contribution >= 4 is 19.8 Å². The summed E-state index contributed by atoms with van der Waals surface area (Å²) in [6.45, 7) is 3.45. The number of unbranched alkanes of at least 4 members (excludes halogenated alkanes) is 12. The molecule has 0 aliphatic carbocycles. The molecule has 0 aromatic rings. The minimum Gasteiger partial charge on any atom is -0.462 e. The Bertz CT molecular complexity index is 996. The minimum atomic E-state index is -4.81. The molecule has 0 heterocycles. The van der Waals surface area contributed by atoms with Crippen LogP contribution in [0, 0.1) is 0 Å². The highest BCUT2D eigenvalue weighted by atomic mass is 31.2. The zero-order valence-corrected chi connectivity index (χ0v) is 31.3. The average Bonchev–Trinajstić information content (AvgIpc) is 3.06. The van der Waals surface area contributed by atoms with Crippen LogP contribution in [-0.4, -0.2) is 52.3 Å². The Labute approximate surface area is 297 Å². The van der Waals surface area contributed by atoms with Gasteiger partial charge in [-0.15, -0.1) is 0 Å². The summed E-state index contributed by atoms with van der Waals surface area (Å²) in [5, 5.41) is 10.2. The molecule has 2 atom stereocenters. The van der Waals surface area contributed by atoms with Crippen LogP contribution in [-0.2, 0) is 28.2 Å². The van der Waals surface area contributed by atoms with E-state index < -0.39 is 38.6 Å². The maximum atomic E-state index is 12.4. The smallest absolute Gasteiger partial charge is 0.462 e. The zero-order valence-electron chi connectivity index (χ0n) is 30.4. The van der Waals surface area contributed by atoms with Crippen molar-refractivity contribution in [3.05, 3.63) is 60.8 Å². The SMILES string of the molecule is CCCCC/C=C\C/C=C\C/C=C\C=C\[C@H](O)CCCC(=O)O[C@H](COC(=O)CCCCCCC/C=C\CCCCCC)COP(=O)(O)O. The van der Waals surface area contributed by atoms with E-state index in [4.69, 9.17) is 19.3 Å². The summed E-state index contributed by atoms with van der Waals surface area (Å²) in [5.41, 5.74) is 0. The zero-order chi connectivity index (χ0) is 36.3. The lowest BCUT2D eigenvalue weighted by Crippen LogP contribution is -2.29. The Hall–Kier alpha value is -2.29. The number of hydrogen-bond acceptors (Lipinski definition) is 7. The van der Waals surface area contributed by atoms with E-state index in [9.17, 15) is 19.3 Å². The van der Waals surface area contributed by atoms with E-state index in [0.29, 0.717) is 19.3 Å². The fourth-order valence-corrected chi connectivity index (χ4v) is 5.12. The number of esters is 2. The molecular formula is C39H67O9P. The van der Waals surface area contributed by atoms with E-state index in [0.717, 1.165) is 57.8 Å². The molecule has 9 nitrogen and oxygen atoms in total. The van der Waals surface area contributed by atoms with E-state index in [1.807, 2.05) is 12.2 Å². The largest absolute Gasteiger partial charge is 0.469 e. The Kier molecular flexibility index (Phi) is 32.6. The number of carbonyl (C=O) groups is 2. The third kappa shape index (κ3) is 36.8. The highest BCUT2D eigenvalue weighted by molar-refractivity contribution is 7.46. The molecular weight excluding hydrogens is 643 g/mol. The van der Waals surface area contributed by atoms with Crippen molar-refractivity contribution in [2.24, 2.45) is 0 Å². The molecule has 0 radical (unpaired) electrons. The average molecular weight is 711 g/mol. The number of hydrogen-bond donors (Lipinski definition) is 3. The van der Waals surface area contributed by atoms with Crippen LogP contribution in [0.25, 0.3) is 0 Å². The van der Waals surface area contributed by atoms with Crippen molar-refractivity contribution in [1.82, 2.24) is 0 Å². The second-order valence-corrected chi connectivity index (χ2v) is 13.6. The number of phosphoric ester groups is 1. The Morgan fingerprint density at radius 2 is 1.16 bits per heavy atom. The van der Waals surface area contributed by atoms with Crippen molar-refractivity contribution in [1.29, 1.82) is 0 Å². The molecule has 3 N–H and O–H groups in total. The summed E-state index contributed by atoms with van der Waals surface area (Å²) in [7, 11) is -4.81. The number of phosphoric acid groups is 1. The van der Waals surface area contributed by atoms with Crippen molar-refractivity contribution < 1.29 is 43.0 Å². The molecule has 0 rings (SSSR count). The van der Waals surface area contributed by atoms with Gasteiger partial charge in [0.25, 0.3) is 0 Å². The summed E-state index contributed by atoms with van der Waals surface area (Å²) in [4.78, 5) is 42.7. The molecule has 0 saturated heterocycles. The predicted molar refractivity (Wildman–Crippen MR) is 199 cm³/mol. The van der Waals surface area contributed by atoms with Gasteiger partial charge in [0.15, 0.2) is 6.10 Å². The standard InChI is InChI=1S/C39H67O9P/c1-3-5-7-9-11-13-15-17-19-21-23-25-27-30-36(40)31-29-33-39(42)48-37(35-47-49(43,44)45)34-46-38(41)32-28-26-24-22-20-18-16-14-12-10-8-6-4-2/h11,13-14,16-17,19,23,25,27,30,36-37,40H,3-10,12,15,18,20-22,24,26,28-29,31-35H2,1-2H3,(H2,43,44,45)/b13-11-,16-14-,19-17-,25-23-,30-27+/t36-,37+/m0/s1. The van der Waals surface area contributed by atoms with Gasteiger partial charge < -0.3 is 24.4 Å². The minimum absolute atomic E-state index is 0.0201. The van der Waals surface area contributed by atoms with Gasteiger partial charge in [-0.05, 0) is 70.6 Å². The Morgan fingerprint density at radius 1 is 0.633 bits per heavy atom.